The highest BCUT2D eigenvalue weighted by atomic mass is 19.4. The number of benzene rings is 1. The molecule has 0 spiro atoms. The largest absolute Gasteiger partial charge is 0.444 e. The van der Waals surface area contributed by atoms with Crippen LogP contribution in [0, 0.1) is 0 Å². The van der Waals surface area contributed by atoms with Gasteiger partial charge in [-0.05, 0) is 57.4 Å². The average Bonchev–Trinajstić information content (AvgIpc) is 3.33. The summed E-state index contributed by atoms with van der Waals surface area (Å²) in [5.74, 6) is 0.0559. The summed E-state index contributed by atoms with van der Waals surface area (Å²) in [6.07, 6.45) is -4.01. The van der Waals surface area contributed by atoms with Crippen LogP contribution in [0.25, 0.3) is 5.57 Å². The Morgan fingerprint density at radius 3 is 2.12 bits per heavy atom. The van der Waals surface area contributed by atoms with Crippen LogP contribution in [0.15, 0.2) is 41.8 Å². The molecule has 1 saturated heterocycles. The van der Waals surface area contributed by atoms with Gasteiger partial charge in [-0.15, -0.1) is 0 Å². The van der Waals surface area contributed by atoms with E-state index in [1.54, 1.807) is 27.8 Å². The zero-order valence-electron chi connectivity index (χ0n) is 23.9. The molecule has 230 valence electrons. The molecule has 1 aliphatic rings. The van der Waals surface area contributed by atoms with E-state index in [2.05, 4.69) is 15.0 Å². The van der Waals surface area contributed by atoms with Gasteiger partial charge in [0, 0.05) is 62.1 Å². The second-order valence-corrected chi connectivity index (χ2v) is 10.9. The molecule has 1 aliphatic heterocycles. The van der Waals surface area contributed by atoms with Crippen molar-refractivity contribution in [2.45, 2.75) is 77.1 Å². The molecular weight excluding hydrogens is 566 g/mol. The minimum Gasteiger partial charge on any atom is -0.444 e. The maximum absolute atomic E-state index is 13.6. The molecule has 2 aromatic rings. The molecule has 0 aliphatic carbocycles. The van der Waals surface area contributed by atoms with Gasteiger partial charge in [0.2, 0.25) is 5.95 Å². The molecule has 0 unspecified atom stereocenters. The third-order valence-electron chi connectivity index (χ3n) is 6.61. The Balaban J connectivity index is 2.08. The summed E-state index contributed by atoms with van der Waals surface area (Å²) in [4.78, 5) is 28.7. The second-order valence-electron chi connectivity index (χ2n) is 10.9. The van der Waals surface area contributed by atoms with Crippen LogP contribution < -0.4 is 10.6 Å². The lowest BCUT2D eigenvalue weighted by Crippen LogP contribution is -2.42. The number of hydrogen-bond donors (Lipinski definition) is 1. The van der Waals surface area contributed by atoms with Crippen molar-refractivity contribution in [3.8, 4) is 0 Å². The van der Waals surface area contributed by atoms with Gasteiger partial charge in [0.1, 0.15) is 5.60 Å². The summed E-state index contributed by atoms with van der Waals surface area (Å²) in [5, 5.41) is 0. The fourth-order valence-corrected chi connectivity index (χ4v) is 4.69. The third kappa shape index (κ3) is 8.13. The number of rotatable bonds is 7. The number of allylic oxidation sites excluding steroid dienone is 1. The Labute approximate surface area is 240 Å². The highest BCUT2D eigenvalue weighted by Crippen LogP contribution is 2.37. The number of carbonyl (C=O) groups excluding carboxylic acids is 1. The Morgan fingerprint density at radius 2 is 1.67 bits per heavy atom. The quantitative estimate of drug-likeness (QED) is 0.296. The molecule has 0 bridgehead atoms. The van der Waals surface area contributed by atoms with Crippen LogP contribution in [0.1, 0.15) is 62.8 Å². The maximum Gasteiger partial charge on any atom is 0.416 e. The molecule has 8 nitrogen and oxygen atoms in total. The molecule has 1 amide bonds. The summed E-state index contributed by atoms with van der Waals surface area (Å²) < 4.78 is 87.1. The summed E-state index contributed by atoms with van der Waals surface area (Å²) in [6.45, 7) is 6.75. The second kappa shape index (κ2) is 12.6. The predicted octanol–water partition coefficient (Wildman–Crippen LogP) is 6.31. The lowest BCUT2D eigenvalue weighted by atomic mass is 10.0. The van der Waals surface area contributed by atoms with Crippen LogP contribution in [0.3, 0.4) is 0 Å². The number of nitrogens with zero attached hydrogens (tertiary/aromatic N) is 5. The highest BCUT2D eigenvalue weighted by molar-refractivity contribution is 6.09. The Hall–Kier alpha value is -3.84. The first-order chi connectivity index (χ1) is 19.5. The number of carbonyl (C=O) groups is 1. The van der Waals surface area contributed by atoms with E-state index >= 15 is 0 Å². The molecule has 0 radical (unpaired) electrons. The molecule has 1 aromatic heterocycles. The molecule has 3 rings (SSSR count). The van der Waals surface area contributed by atoms with Gasteiger partial charge in [0.25, 0.3) is 0 Å². The number of ether oxygens (including phenoxy) is 1. The van der Waals surface area contributed by atoms with Crippen LogP contribution in [0.4, 0.5) is 37.1 Å². The molecule has 2 atom stereocenters. The SMILES string of the molecule is CC[C@@H]1C[C@H](N(Cc2cc(C(F)(F)F)cc(C(F)(F)F)c2)c2ncc(C(C=NC)=CN)cn2)CN1C(=O)OC(C)(C)C. The normalized spacial score (nSPS) is 18.5. The lowest BCUT2D eigenvalue weighted by Gasteiger charge is -2.30. The average molecular weight is 601 g/mol. The molecule has 2 heterocycles. The van der Waals surface area contributed by atoms with Crippen molar-refractivity contribution in [1.82, 2.24) is 14.9 Å². The van der Waals surface area contributed by atoms with Crippen LogP contribution >= 0.6 is 0 Å². The van der Waals surface area contributed by atoms with Gasteiger partial charge in [-0.1, -0.05) is 6.92 Å². The molecule has 0 saturated carbocycles. The van der Waals surface area contributed by atoms with Crippen LogP contribution in [-0.4, -0.2) is 58.5 Å². The zero-order valence-corrected chi connectivity index (χ0v) is 23.9. The molecule has 2 N–H and O–H groups in total. The van der Waals surface area contributed by atoms with Crippen LogP contribution in [0.2, 0.25) is 0 Å². The Bertz CT molecular complexity index is 1270. The number of halogens is 6. The smallest absolute Gasteiger partial charge is 0.416 e. The van der Waals surface area contributed by atoms with E-state index in [1.807, 2.05) is 6.92 Å². The van der Waals surface area contributed by atoms with Crippen LogP contribution in [0.5, 0.6) is 0 Å². The molecule has 42 heavy (non-hydrogen) atoms. The van der Waals surface area contributed by atoms with Gasteiger partial charge in [-0.3, -0.25) is 4.99 Å². The first kappa shape index (κ1) is 32.7. The summed E-state index contributed by atoms with van der Waals surface area (Å²) in [7, 11) is 1.55. The summed E-state index contributed by atoms with van der Waals surface area (Å²) in [5.41, 5.74) is 2.80. The van der Waals surface area contributed by atoms with Gasteiger partial charge in [-0.25, -0.2) is 14.8 Å². The van der Waals surface area contributed by atoms with Crippen molar-refractivity contribution in [3.05, 3.63) is 59.0 Å². The fourth-order valence-electron chi connectivity index (χ4n) is 4.69. The van der Waals surface area contributed by atoms with Gasteiger partial charge in [-0.2, -0.15) is 26.3 Å². The van der Waals surface area contributed by atoms with Crippen molar-refractivity contribution >= 4 is 23.8 Å². The van der Waals surface area contributed by atoms with Crippen molar-refractivity contribution in [1.29, 1.82) is 0 Å². The third-order valence-corrected chi connectivity index (χ3v) is 6.61. The van der Waals surface area contributed by atoms with Gasteiger partial charge in [0.15, 0.2) is 0 Å². The first-order valence-corrected chi connectivity index (χ1v) is 13.2. The standard InChI is InChI=1S/C28H34F6N6O2/c1-6-22-10-23(16-40(22)25(41)42-26(2,3)4)39(24-37-13-19(14-38-24)18(11-35)12-36-5)15-17-7-20(27(29,30)31)9-21(8-17)28(32,33)34/h7-9,11-14,22-23H,6,10,15-16,35H2,1-5H3/t22-,23+/m1/s1. The van der Waals surface area contributed by atoms with E-state index in [-0.39, 0.29) is 36.7 Å². The van der Waals surface area contributed by atoms with Crippen LogP contribution in [-0.2, 0) is 23.6 Å². The van der Waals surface area contributed by atoms with E-state index < -0.39 is 41.2 Å². The van der Waals surface area contributed by atoms with E-state index in [1.165, 1.54) is 34.6 Å². The molecule has 1 fully saturated rings. The van der Waals surface area contributed by atoms with Crippen molar-refractivity contribution < 1.29 is 35.9 Å². The number of aliphatic imine (C=N–C) groups is 1. The number of likely N-dealkylation sites (tertiary alicyclic amines) is 1. The molecule has 1 aromatic carbocycles. The maximum atomic E-state index is 13.6. The Kier molecular flexibility index (Phi) is 9.78. The number of nitrogens with two attached hydrogens (primary N) is 1. The Morgan fingerprint density at radius 1 is 1.10 bits per heavy atom. The zero-order chi connectivity index (χ0) is 31.5. The predicted molar refractivity (Wildman–Crippen MR) is 147 cm³/mol. The van der Waals surface area contributed by atoms with E-state index in [4.69, 9.17) is 10.5 Å². The van der Waals surface area contributed by atoms with E-state index in [9.17, 15) is 31.1 Å². The number of hydrogen-bond acceptors (Lipinski definition) is 7. The van der Waals surface area contributed by atoms with E-state index in [0.29, 0.717) is 36.1 Å². The minimum absolute atomic E-state index is 0.0559. The number of amides is 1. The fraction of sp³-hybridized carbons (Fsp3) is 0.500. The summed E-state index contributed by atoms with van der Waals surface area (Å²) >= 11 is 0. The number of anilines is 1. The highest BCUT2D eigenvalue weighted by Gasteiger charge is 2.41. The van der Waals surface area contributed by atoms with Crippen molar-refractivity contribution in [2.24, 2.45) is 10.7 Å². The lowest BCUT2D eigenvalue weighted by molar-refractivity contribution is -0.143. The number of aromatic nitrogens is 2. The van der Waals surface area contributed by atoms with Gasteiger partial charge >= 0.3 is 18.4 Å². The van der Waals surface area contributed by atoms with Gasteiger partial charge in [0.05, 0.1) is 17.2 Å². The topological polar surface area (TPSA) is 96.9 Å². The molecule has 14 heteroatoms. The molecular formula is C28H34F6N6O2. The number of alkyl halides is 6. The first-order valence-electron chi connectivity index (χ1n) is 13.2. The van der Waals surface area contributed by atoms with E-state index in [0.717, 1.165) is 0 Å². The summed E-state index contributed by atoms with van der Waals surface area (Å²) in [6, 6.07) is 0.621. The van der Waals surface area contributed by atoms with Crippen molar-refractivity contribution in [3.63, 3.8) is 0 Å². The van der Waals surface area contributed by atoms with Gasteiger partial charge < -0.3 is 20.3 Å². The minimum atomic E-state index is -5.00. The van der Waals surface area contributed by atoms with Crippen molar-refractivity contribution in [2.75, 3.05) is 18.5 Å². The monoisotopic (exact) mass is 600 g/mol.